The van der Waals surface area contributed by atoms with Crippen molar-refractivity contribution in [3.05, 3.63) is 28.2 Å². The van der Waals surface area contributed by atoms with Gasteiger partial charge < -0.3 is 10.2 Å². The summed E-state index contributed by atoms with van der Waals surface area (Å²) in [5.41, 5.74) is 0.676. The number of aliphatic carboxylic acids is 2. The molecule has 7 nitrogen and oxygen atoms in total. The summed E-state index contributed by atoms with van der Waals surface area (Å²) in [5, 5.41) is 17.5. The molecule has 9 heteroatoms. The molecular formula is C12H14BrNO6S. The highest BCUT2D eigenvalue weighted by molar-refractivity contribution is 9.10. The van der Waals surface area contributed by atoms with Crippen molar-refractivity contribution in [1.82, 2.24) is 4.72 Å². The van der Waals surface area contributed by atoms with Crippen LogP contribution in [0, 0.1) is 6.92 Å². The van der Waals surface area contributed by atoms with Crippen LogP contribution in [0.15, 0.2) is 27.6 Å². The second-order valence-corrected chi connectivity index (χ2v) is 6.92. The zero-order chi connectivity index (χ0) is 16.2. The fourth-order valence-corrected chi connectivity index (χ4v) is 3.10. The quantitative estimate of drug-likeness (QED) is 0.657. The van der Waals surface area contributed by atoms with Crippen molar-refractivity contribution in [2.45, 2.75) is 30.7 Å². The lowest BCUT2D eigenvalue weighted by Crippen LogP contribution is -2.41. The summed E-state index contributed by atoms with van der Waals surface area (Å²) in [6, 6.07) is 2.77. The lowest BCUT2D eigenvalue weighted by molar-refractivity contribution is -0.140. The number of rotatable bonds is 7. The van der Waals surface area contributed by atoms with E-state index in [-0.39, 0.29) is 11.3 Å². The molecule has 0 bridgehead atoms. The second kappa shape index (κ2) is 7.01. The fraction of sp³-hybridized carbons (Fsp3) is 0.333. The van der Waals surface area contributed by atoms with Gasteiger partial charge in [0.2, 0.25) is 10.0 Å². The van der Waals surface area contributed by atoms with Crippen molar-refractivity contribution in [3.8, 4) is 0 Å². The van der Waals surface area contributed by atoms with Crippen molar-refractivity contribution in [2.75, 3.05) is 0 Å². The fourth-order valence-electron chi connectivity index (χ4n) is 1.54. The third-order valence-corrected chi connectivity index (χ3v) is 5.04. The van der Waals surface area contributed by atoms with E-state index in [4.69, 9.17) is 10.2 Å². The Morgan fingerprint density at radius 2 is 1.95 bits per heavy atom. The summed E-state index contributed by atoms with van der Waals surface area (Å²) >= 11 is 3.24. The molecular weight excluding hydrogens is 366 g/mol. The van der Waals surface area contributed by atoms with Gasteiger partial charge in [0.1, 0.15) is 6.04 Å². The molecule has 0 amide bonds. The van der Waals surface area contributed by atoms with Gasteiger partial charge in [-0.3, -0.25) is 9.59 Å². The van der Waals surface area contributed by atoms with Crippen molar-refractivity contribution < 1.29 is 28.2 Å². The van der Waals surface area contributed by atoms with Crippen molar-refractivity contribution >= 4 is 37.9 Å². The van der Waals surface area contributed by atoms with Crippen LogP contribution in [0.25, 0.3) is 0 Å². The highest BCUT2D eigenvalue weighted by atomic mass is 79.9. The van der Waals surface area contributed by atoms with Gasteiger partial charge in [0.15, 0.2) is 0 Å². The summed E-state index contributed by atoms with van der Waals surface area (Å²) in [5.74, 6) is -2.62. The number of carbonyl (C=O) groups is 2. The zero-order valence-corrected chi connectivity index (χ0v) is 13.4. The first kappa shape index (κ1) is 17.6. The molecule has 1 unspecified atom stereocenters. The minimum atomic E-state index is -4.04. The number of halogens is 1. The summed E-state index contributed by atoms with van der Waals surface area (Å²) in [7, 11) is -4.04. The van der Waals surface area contributed by atoms with E-state index in [1.807, 2.05) is 4.72 Å². The molecule has 0 heterocycles. The summed E-state index contributed by atoms with van der Waals surface area (Å²) in [4.78, 5) is 21.4. The van der Waals surface area contributed by atoms with Gasteiger partial charge in [-0.05, 0) is 37.1 Å². The standard InChI is InChI=1S/C12H14BrNO6S/c1-7-6-8(2-3-9(7)13)21(19,20)14-10(12(17)18)4-5-11(15)16/h2-3,6,10,14H,4-5H2,1H3,(H,15,16)(H,17,18). The Hall–Kier alpha value is -1.45. The van der Waals surface area contributed by atoms with Gasteiger partial charge in [0.05, 0.1) is 4.90 Å². The smallest absolute Gasteiger partial charge is 0.321 e. The van der Waals surface area contributed by atoms with Gasteiger partial charge in [0.25, 0.3) is 0 Å². The van der Waals surface area contributed by atoms with Gasteiger partial charge in [-0.25, -0.2) is 8.42 Å². The number of nitrogens with one attached hydrogen (secondary N) is 1. The highest BCUT2D eigenvalue weighted by Gasteiger charge is 2.26. The molecule has 3 N–H and O–H groups in total. The van der Waals surface area contributed by atoms with Crippen LogP contribution < -0.4 is 4.72 Å². The van der Waals surface area contributed by atoms with Crippen LogP contribution in [0.2, 0.25) is 0 Å². The topological polar surface area (TPSA) is 121 Å². The first-order valence-corrected chi connectivity index (χ1v) is 8.14. The minimum Gasteiger partial charge on any atom is -0.481 e. The van der Waals surface area contributed by atoms with E-state index in [1.54, 1.807) is 6.92 Å². The van der Waals surface area contributed by atoms with Gasteiger partial charge >= 0.3 is 11.9 Å². The number of carboxylic acids is 2. The molecule has 0 spiro atoms. The molecule has 1 aromatic carbocycles. The lowest BCUT2D eigenvalue weighted by Gasteiger charge is -2.14. The maximum atomic E-state index is 12.1. The molecule has 116 valence electrons. The molecule has 1 aromatic rings. The predicted molar refractivity (Wildman–Crippen MR) is 77.5 cm³/mol. The molecule has 0 aliphatic carbocycles. The zero-order valence-electron chi connectivity index (χ0n) is 11.0. The van der Waals surface area contributed by atoms with Gasteiger partial charge in [0, 0.05) is 10.9 Å². The Morgan fingerprint density at radius 3 is 2.43 bits per heavy atom. The molecule has 0 fully saturated rings. The van der Waals surface area contributed by atoms with Crippen LogP contribution in [0.1, 0.15) is 18.4 Å². The van der Waals surface area contributed by atoms with Gasteiger partial charge in [-0.15, -0.1) is 0 Å². The van der Waals surface area contributed by atoms with Crippen LogP contribution >= 0.6 is 15.9 Å². The largest absolute Gasteiger partial charge is 0.481 e. The second-order valence-electron chi connectivity index (χ2n) is 4.36. The van der Waals surface area contributed by atoms with Gasteiger partial charge in [-0.2, -0.15) is 4.72 Å². The normalized spacial score (nSPS) is 12.9. The monoisotopic (exact) mass is 379 g/mol. The average Bonchev–Trinajstić information content (AvgIpc) is 2.37. The predicted octanol–water partition coefficient (Wildman–Crippen LogP) is 1.35. The molecule has 0 radical (unpaired) electrons. The molecule has 1 atom stereocenters. The maximum Gasteiger partial charge on any atom is 0.321 e. The Balaban J connectivity index is 2.97. The number of hydrogen-bond donors (Lipinski definition) is 3. The van der Waals surface area contributed by atoms with Crippen LogP contribution in [0.5, 0.6) is 0 Å². The first-order valence-electron chi connectivity index (χ1n) is 5.86. The van der Waals surface area contributed by atoms with Crippen LogP contribution in [0.4, 0.5) is 0 Å². The highest BCUT2D eigenvalue weighted by Crippen LogP contribution is 2.20. The molecule has 0 aromatic heterocycles. The number of sulfonamides is 1. The van der Waals surface area contributed by atoms with Crippen LogP contribution in [0.3, 0.4) is 0 Å². The van der Waals surface area contributed by atoms with E-state index in [2.05, 4.69) is 15.9 Å². The van der Waals surface area contributed by atoms with Crippen LogP contribution in [-0.2, 0) is 19.6 Å². The van der Waals surface area contributed by atoms with E-state index in [0.717, 1.165) is 4.47 Å². The molecule has 1 rings (SSSR count). The van der Waals surface area contributed by atoms with Crippen molar-refractivity contribution in [3.63, 3.8) is 0 Å². The molecule has 21 heavy (non-hydrogen) atoms. The molecule has 0 saturated carbocycles. The lowest BCUT2D eigenvalue weighted by atomic mass is 10.2. The van der Waals surface area contributed by atoms with E-state index in [9.17, 15) is 18.0 Å². The summed E-state index contributed by atoms with van der Waals surface area (Å²) in [6.45, 7) is 1.70. The Labute approximate surface area is 130 Å². The Bertz CT molecular complexity index is 658. The van der Waals surface area contributed by atoms with E-state index >= 15 is 0 Å². The van der Waals surface area contributed by atoms with E-state index in [0.29, 0.717) is 5.56 Å². The number of benzene rings is 1. The third kappa shape index (κ3) is 5.10. The first-order chi connectivity index (χ1) is 9.63. The number of hydrogen-bond acceptors (Lipinski definition) is 4. The minimum absolute atomic E-state index is 0.0789. The Kier molecular flexibility index (Phi) is 5.87. The summed E-state index contributed by atoms with van der Waals surface area (Å²) in [6.07, 6.45) is -0.780. The van der Waals surface area contributed by atoms with Gasteiger partial charge in [-0.1, -0.05) is 15.9 Å². The van der Waals surface area contributed by atoms with E-state index < -0.39 is 34.4 Å². The van der Waals surface area contributed by atoms with Crippen LogP contribution in [-0.4, -0.2) is 36.6 Å². The number of aryl methyl sites for hydroxylation is 1. The number of carboxylic acid groups (broad SMARTS) is 2. The maximum absolute atomic E-state index is 12.1. The molecule has 0 aliphatic heterocycles. The van der Waals surface area contributed by atoms with Crippen molar-refractivity contribution in [2.24, 2.45) is 0 Å². The third-order valence-electron chi connectivity index (χ3n) is 2.68. The van der Waals surface area contributed by atoms with E-state index in [1.165, 1.54) is 18.2 Å². The SMILES string of the molecule is Cc1cc(S(=O)(=O)NC(CCC(=O)O)C(=O)O)ccc1Br. The molecule has 0 saturated heterocycles. The Morgan fingerprint density at radius 1 is 1.33 bits per heavy atom. The van der Waals surface area contributed by atoms with Crippen molar-refractivity contribution in [1.29, 1.82) is 0 Å². The average molecular weight is 380 g/mol. The molecule has 0 aliphatic rings. The summed E-state index contributed by atoms with van der Waals surface area (Å²) < 4.78 is 27.0.